The number of nitrogens with one attached hydrogen (secondary N) is 1. The molecule has 12 rings (SSSR count). The number of fused-ring (bicyclic) bond motifs is 7. The van der Waals surface area contributed by atoms with Gasteiger partial charge in [0.05, 0.1) is 13.2 Å². The molecule has 32 heteroatoms. The molecule has 1 saturated heterocycles. The normalized spacial score (nSPS) is 29.0. The van der Waals surface area contributed by atoms with Crippen LogP contribution in [0.2, 0.25) is 0 Å². The Labute approximate surface area is 540 Å². The van der Waals surface area contributed by atoms with E-state index in [-0.39, 0.29) is 104 Å². The number of rotatable bonds is 12. The Kier molecular flexibility index (Phi) is 33.7. The zero-order valence-electron chi connectivity index (χ0n) is 50.0. The van der Waals surface area contributed by atoms with Crippen molar-refractivity contribution in [1.29, 1.82) is 0 Å². The number of halogens is 8. The number of Topliss-reactive ketones (excluding diaryl/α,β-unsaturated/α-hetero) is 4. The first-order chi connectivity index (χ1) is 39.3. The van der Waals surface area contributed by atoms with E-state index in [2.05, 4.69) is 24.9 Å². The van der Waals surface area contributed by atoms with Crippen molar-refractivity contribution >= 4 is 70.1 Å². The molecule has 1 unspecified atom stereocenters. The second kappa shape index (κ2) is 35.5. The molecule has 1 aromatic rings. The molecule has 2 heterocycles. The number of ether oxygens (including phenoxy) is 9. The van der Waals surface area contributed by atoms with Crippen LogP contribution >= 0.6 is 35.0 Å². The number of hydrazine groups is 1. The number of carbonyl (C=O) groups excluding carboxylic acids is 6. The number of nitrogens with zero attached hydrogens (tertiary/aromatic N) is 2. The summed E-state index contributed by atoms with van der Waals surface area (Å²) in [4.78, 5) is 70.6. The molecule has 86 heavy (non-hydrogen) atoms. The number of esters is 2. The van der Waals surface area contributed by atoms with Crippen molar-refractivity contribution in [2.45, 2.75) is 133 Å². The number of aromatic nitrogens is 2. The first-order valence-electron chi connectivity index (χ1n) is 27.1. The minimum Gasteiger partial charge on any atom is -0.869 e. The zero-order valence-corrected chi connectivity index (χ0v) is 54.3. The molecule has 0 aromatic carbocycles. The number of carbonyl (C=O) groups is 6. The minimum absolute atomic E-state index is 0. The quantitative estimate of drug-likeness (QED) is 0.0223. The van der Waals surface area contributed by atoms with Crippen molar-refractivity contribution in [1.82, 2.24) is 15.2 Å². The molecule has 10 fully saturated rings. The SMILES string of the molecule is C1CCOC1.CCOC(=O)CNN.CCOC(=O)Cn1nc(C(F)(F)F)c2c1C(=O)[C@@H]1C[C@H]21.CO.COC1(OC)C(=O)/C(=C(\[O-])C(F)(F)F)[C@H]2C[C@H]21.COC1(OC)C(=O)C[C@H]2C[C@H]21.COC1(OC)C(O)C[C@H]2C[C@H]21.Cl.O=C1CC[C@H]2C[C@@H]12.[CH2-]I.[Li+].[V]. The number of aliphatic hydroxyl groups is 2. The van der Waals surface area contributed by atoms with E-state index in [0.717, 1.165) is 56.6 Å². The molecule has 1 aromatic heterocycles. The average Bonchev–Trinajstić information content (AvgIpc) is 1.60. The van der Waals surface area contributed by atoms with Crippen LogP contribution in [0.3, 0.4) is 0 Å². The fraction of sp³-hybridized carbons (Fsp3) is 0.778. The Morgan fingerprint density at radius 2 is 1.31 bits per heavy atom. The standard InChI is InChI=1S/C12H11F3N2O3.C10H11F3O4.C8H14O3.C8H12O3.C6H8O.C4H10N2O2.C4H8O.CH2I.CH4O.ClH.Li.V/c1-2-20-7(18)4-17-9-8(5-3-6(5)10(9)19)11(16-17)12(13,14)15;1-16-9(17-2)5-3-4(5)6(7(9)14)8(15)10(11,12)13;2*1-10-8(11-2)6-3-5(6)4-7(8)9;7-6-2-1-4-3-5(4)6;1-2-8-4(7)3-6-5;1-2-4-5-3-1;2*1-2;;;/h5-6H,2-4H2,1H3;4-5,15H,3H2,1-2H3;5-7,9H,3-4H2,1-2H3;5-6H,3-4H2,1-2H3;4-5H,1-3H2;6H,2-3,5H2,1H3;1-4H2;1H2;2H,1H3;1H;;/q;;;;;;;-1;;;+1;/p-1/b;8-6-;;;;;;;;;;/t5-,6+;4-,5+;5-,6-,7?;5-,6-;4-,5+;;;;;;;/m00110......./s1. The average molecular weight is 1410 g/mol. The molecule has 1 radical (unpaired) electrons. The molecule has 1 aliphatic heterocycles. The maximum atomic E-state index is 13.0. The fourth-order valence-electron chi connectivity index (χ4n) is 11.9. The summed E-state index contributed by atoms with van der Waals surface area (Å²) in [6.07, 6.45) is 0.256. The Balaban J connectivity index is 0.000000512. The molecule has 0 spiro atoms. The predicted octanol–water partition coefficient (Wildman–Crippen LogP) is 2.14. The number of methoxy groups -OCH3 is 6. The Hall–Kier alpha value is -2.29. The van der Waals surface area contributed by atoms with E-state index in [1.165, 1.54) is 39.9 Å². The summed E-state index contributed by atoms with van der Waals surface area (Å²) < 4.78 is 121. The summed E-state index contributed by atoms with van der Waals surface area (Å²) in [6.45, 7) is 5.46. The van der Waals surface area contributed by atoms with Crippen LogP contribution in [0.4, 0.5) is 26.3 Å². The van der Waals surface area contributed by atoms with Crippen LogP contribution in [-0.2, 0) is 97.9 Å². The molecular formula is C54H80ClF6ILiN4O18V-. The molecule has 0 amide bonds. The third-order valence-electron chi connectivity index (χ3n) is 16.3. The number of aliphatic hydroxyl groups excluding tert-OH is 2. The number of allylic oxidation sites excluding steroid dienone is 1. The van der Waals surface area contributed by atoms with Crippen LogP contribution in [0.1, 0.15) is 112 Å². The number of hydrogen-bond acceptors (Lipinski definition) is 21. The summed E-state index contributed by atoms with van der Waals surface area (Å²) >= 11 is 1.90. The van der Waals surface area contributed by atoms with Crippen LogP contribution in [0, 0.1) is 58.2 Å². The van der Waals surface area contributed by atoms with E-state index in [0.29, 0.717) is 61.2 Å². The molecule has 0 bridgehead atoms. The number of hydrogen-bond donors (Lipinski definition) is 4. The van der Waals surface area contributed by atoms with Crippen molar-refractivity contribution < 1.29 is 150 Å². The summed E-state index contributed by atoms with van der Waals surface area (Å²) in [6, 6.07) is 0. The van der Waals surface area contributed by atoms with E-state index >= 15 is 0 Å². The predicted molar refractivity (Wildman–Crippen MR) is 292 cm³/mol. The molecule has 5 N–H and O–H groups in total. The van der Waals surface area contributed by atoms with Crippen LogP contribution in [0.15, 0.2) is 11.3 Å². The second-order valence-corrected chi connectivity index (χ2v) is 20.9. The van der Waals surface area contributed by atoms with Gasteiger partial charge in [-0.05, 0) is 107 Å². The van der Waals surface area contributed by atoms with Gasteiger partial charge in [0, 0.05) is 135 Å². The van der Waals surface area contributed by atoms with Crippen LogP contribution < -0.4 is 35.2 Å². The largest absolute Gasteiger partial charge is 1.00 e. The number of ketones is 4. The molecule has 487 valence electrons. The van der Waals surface area contributed by atoms with Crippen LogP contribution in [-0.4, -0.2) is 167 Å². The van der Waals surface area contributed by atoms with Crippen LogP contribution in [0.25, 0.3) is 0 Å². The maximum Gasteiger partial charge on any atom is 1.00 e. The number of nitrogens with two attached hydrogens (primary N) is 1. The molecule has 11 aliphatic rings. The Bertz CT molecular complexity index is 2410. The van der Waals surface area contributed by atoms with E-state index in [4.69, 9.17) is 44.1 Å². The van der Waals surface area contributed by atoms with Gasteiger partial charge in [-0.1, -0.05) is 0 Å². The van der Waals surface area contributed by atoms with Gasteiger partial charge in [0.15, 0.2) is 23.0 Å². The van der Waals surface area contributed by atoms with Gasteiger partial charge in [0.2, 0.25) is 17.4 Å². The van der Waals surface area contributed by atoms with Gasteiger partial charge in [-0.2, -0.15) is 31.4 Å². The maximum absolute atomic E-state index is 13.0. The zero-order chi connectivity index (χ0) is 62.6. The van der Waals surface area contributed by atoms with Gasteiger partial charge in [-0.25, -0.2) is 10.1 Å². The van der Waals surface area contributed by atoms with Gasteiger partial charge in [0.1, 0.15) is 30.7 Å². The summed E-state index contributed by atoms with van der Waals surface area (Å²) in [5.74, 6) is -0.819. The molecule has 11 atom stereocenters. The van der Waals surface area contributed by atoms with Gasteiger partial charge >= 0.3 is 43.2 Å². The van der Waals surface area contributed by atoms with Crippen molar-refractivity contribution in [2.24, 2.45) is 59.1 Å². The monoisotopic (exact) mass is 1410 g/mol. The van der Waals surface area contributed by atoms with Gasteiger partial charge in [-0.3, -0.25) is 39.5 Å². The molecular weight excluding hydrogens is 1330 g/mol. The second-order valence-electron chi connectivity index (χ2n) is 20.9. The third kappa shape index (κ3) is 18.7. The van der Waals surface area contributed by atoms with Crippen molar-refractivity contribution in [2.75, 3.05) is 82.7 Å². The fourth-order valence-corrected chi connectivity index (χ4v) is 11.9. The van der Waals surface area contributed by atoms with Gasteiger partial charge in [0.25, 0.3) is 0 Å². The minimum atomic E-state index is -5.03. The smallest absolute Gasteiger partial charge is 0.869 e. The van der Waals surface area contributed by atoms with Crippen molar-refractivity contribution in [3.63, 3.8) is 0 Å². The summed E-state index contributed by atoms with van der Waals surface area (Å²) in [7, 11) is 9.65. The van der Waals surface area contributed by atoms with E-state index < -0.39 is 83.0 Å². The first kappa shape index (κ1) is 81.7. The first-order valence-corrected chi connectivity index (χ1v) is 28.7. The summed E-state index contributed by atoms with van der Waals surface area (Å²) in [5, 5.41) is 31.2. The van der Waals surface area contributed by atoms with Crippen molar-refractivity contribution in [3.05, 3.63) is 33.2 Å². The van der Waals surface area contributed by atoms with E-state index in [1.807, 2.05) is 22.6 Å². The molecule has 9 saturated carbocycles. The molecule has 10 aliphatic carbocycles. The number of alkyl halides is 6. The van der Waals surface area contributed by atoms with E-state index in [9.17, 15) is 65.3 Å². The summed E-state index contributed by atoms with van der Waals surface area (Å²) in [5.41, 5.74) is 0.279. The van der Waals surface area contributed by atoms with Crippen molar-refractivity contribution in [3.8, 4) is 0 Å². The Morgan fingerprint density at radius 3 is 1.65 bits per heavy atom. The topological polar surface area (TPSA) is 305 Å². The van der Waals surface area contributed by atoms with E-state index in [1.54, 1.807) is 42.3 Å². The van der Waals surface area contributed by atoms with Crippen LogP contribution in [0.5, 0.6) is 0 Å². The Morgan fingerprint density at radius 1 is 0.767 bits per heavy atom. The third-order valence-corrected chi connectivity index (χ3v) is 16.3. The van der Waals surface area contributed by atoms with Gasteiger partial charge in [-0.15, -0.1) is 12.4 Å². The molecule has 22 nitrogen and oxygen atoms in total. The van der Waals surface area contributed by atoms with Gasteiger partial charge < -0.3 is 80.5 Å².